The molecule has 8 nitrogen and oxygen atoms in total. The van der Waals surface area contributed by atoms with Gasteiger partial charge in [0.1, 0.15) is 11.5 Å². The summed E-state index contributed by atoms with van der Waals surface area (Å²) in [4.78, 5) is 45.2. The number of hydrogen-bond donors (Lipinski definition) is 0. The van der Waals surface area contributed by atoms with Crippen molar-refractivity contribution in [1.29, 1.82) is 0 Å². The summed E-state index contributed by atoms with van der Waals surface area (Å²) in [5.41, 5.74) is 2.57. The monoisotopic (exact) mass is 500 g/mol. The predicted molar refractivity (Wildman–Crippen MR) is 146 cm³/mol. The Balaban J connectivity index is 1.59. The predicted octanol–water partition coefficient (Wildman–Crippen LogP) is 5.38. The second kappa shape index (κ2) is 9.25. The van der Waals surface area contributed by atoms with Crippen LogP contribution in [0.1, 0.15) is 17.0 Å². The van der Waals surface area contributed by atoms with Crippen molar-refractivity contribution in [1.82, 2.24) is 9.55 Å². The third kappa shape index (κ3) is 3.84. The number of hydrogen-bond acceptors (Lipinski definition) is 5. The molecule has 6 rings (SSSR count). The van der Waals surface area contributed by atoms with Crippen molar-refractivity contribution in [3.63, 3.8) is 0 Å². The van der Waals surface area contributed by atoms with Gasteiger partial charge in [0.15, 0.2) is 0 Å². The van der Waals surface area contributed by atoms with Crippen LogP contribution < -0.4 is 10.5 Å². The van der Waals surface area contributed by atoms with Gasteiger partial charge in [-0.3, -0.25) is 24.3 Å². The first-order valence-corrected chi connectivity index (χ1v) is 12.0. The zero-order valence-corrected chi connectivity index (χ0v) is 20.0. The minimum atomic E-state index is -0.536. The zero-order chi connectivity index (χ0) is 26.2. The van der Waals surface area contributed by atoms with Gasteiger partial charge in [0.2, 0.25) is 0 Å². The van der Waals surface area contributed by atoms with Gasteiger partial charge in [0.25, 0.3) is 17.2 Å². The molecule has 1 aromatic heterocycles. The summed E-state index contributed by atoms with van der Waals surface area (Å²) in [6, 6.07) is 29.9. The molecule has 0 N–H and O–H groups in total. The number of rotatable bonds is 5. The standard InChI is InChI=1S/C30H20N4O4/c35-29-23(21-12-5-7-15-25(21)32(29)19-20-10-2-1-3-11-20)18-28-31-24-14-6-4-13-22(24)30(36)33(28)26-16-8-9-17-27(26)34(37)38/h1-18H,19H2/b23-18+. The Bertz CT molecular complexity index is 1830. The Labute approximate surface area is 216 Å². The van der Waals surface area contributed by atoms with Crippen molar-refractivity contribution in [2.24, 2.45) is 0 Å². The Morgan fingerprint density at radius 3 is 2.24 bits per heavy atom. The smallest absolute Gasteiger partial charge is 0.293 e. The van der Waals surface area contributed by atoms with E-state index in [0.29, 0.717) is 28.6 Å². The van der Waals surface area contributed by atoms with Crippen LogP contribution >= 0.6 is 0 Å². The molecule has 0 aliphatic carbocycles. The highest BCUT2D eigenvalue weighted by Crippen LogP contribution is 2.38. The fourth-order valence-electron chi connectivity index (χ4n) is 4.79. The maximum atomic E-state index is 13.8. The Morgan fingerprint density at radius 1 is 0.789 bits per heavy atom. The molecule has 2 heterocycles. The van der Waals surface area contributed by atoms with Crippen molar-refractivity contribution < 1.29 is 9.72 Å². The fourth-order valence-corrected chi connectivity index (χ4v) is 4.79. The highest BCUT2D eigenvalue weighted by molar-refractivity contribution is 6.35. The van der Waals surface area contributed by atoms with Crippen molar-refractivity contribution in [3.05, 3.63) is 141 Å². The molecule has 0 radical (unpaired) electrons. The molecule has 1 aliphatic rings. The van der Waals surface area contributed by atoms with Crippen LogP contribution in [-0.4, -0.2) is 20.4 Å². The molecule has 0 spiro atoms. The number of aromatic nitrogens is 2. The first-order valence-electron chi connectivity index (χ1n) is 12.0. The lowest BCUT2D eigenvalue weighted by Gasteiger charge is -2.17. The van der Waals surface area contributed by atoms with Gasteiger partial charge in [-0.2, -0.15) is 0 Å². The topological polar surface area (TPSA) is 98.3 Å². The van der Waals surface area contributed by atoms with Crippen molar-refractivity contribution >= 4 is 39.8 Å². The second-order valence-corrected chi connectivity index (χ2v) is 8.83. The van der Waals surface area contributed by atoms with Gasteiger partial charge in [-0.1, -0.05) is 72.8 Å². The van der Waals surface area contributed by atoms with E-state index in [0.717, 1.165) is 11.3 Å². The van der Waals surface area contributed by atoms with Crippen molar-refractivity contribution in [2.75, 3.05) is 4.90 Å². The van der Waals surface area contributed by atoms with Crippen LogP contribution in [0, 0.1) is 10.1 Å². The molecule has 0 bridgehead atoms. The number of carbonyl (C=O) groups is 1. The van der Waals surface area contributed by atoms with Crippen molar-refractivity contribution in [3.8, 4) is 5.69 Å². The first kappa shape index (κ1) is 23.1. The quantitative estimate of drug-likeness (QED) is 0.183. The van der Waals surface area contributed by atoms with Gasteiger partial charge in [-0.25, -0.2) is 4.98 Å². The van der Waals surface area contributed by atoms with Gasteiger partial charge in [-0.15, -0.1) is 0 Å². The van der Waals surface area contributed by atoms with E-state index in [1.807, 2.05) is 54.6 Å². The van der Waals surface area contributed by atoms with Crippen LogP contribution in [0.3, 0.4) is 0 Å². The molecular formula is C30H20N4O4. The summed E-state index contributed by atoms with van der Waals surface area (Å²) in [5.74, 6) is -0.116. The number of amides is 1. The number of nitro groups is 1. The van der Waals surface area contributed by atoms with Crippen LogP contribution in [-0.2, 0) is 11.3 Å². The Morgan fingerprint density at radius 2 is 1.45 bits per heavy atom. The molecule has 0 unspecified atom stereocenters. The zero-order valence-electron chi connectivity index (χ0n) is 20.0. The minimum absolute atomic E-state index is 0.0764. The molecule has 1 aliphatic heterocycles. The van der Waals surface area contributed by atoms with E-state index in [4.69, 9.17) is 0 Å². The molecule has 5 aromatic rings. The molecule has 38 heavy (non-hydrogen) atoms. The number of benzene rings is 4. The van der Waals surface area contributed by atoms with E-state index >= 15 is 0 Å². The van der Waals surface area contributed by atoms with Crippen LogP contribution in [0.25, 0.3) is 28.2 Å². The molecule has 0 fully saturated rings. The van der Waals surface area contributed by atoms with Crippen molar-refractivity contribution in [2.45, 2.75) is 6.54 Å². The fraction of sp³-hybridized carbons (Fsp3) is 0.0333. The molecule has 8 heteroatoms. The molecule has 0 atom stereocenters. The molecule has 4 aromatic carbocycles. The maximum Gasteiger partial charge on any atom is 0.293 e. The summed E-state index contributed by atoms with van der Waals surface area (Å²) >= 11 is 0. The number of fused-ring (bicyclic) bond motifs is 2. The lowest BCUT2D eigenvalue weighted by atomic mass is 10.1. The van der Waals surface area contributed by atoms with Crippen LogP contribution in [0.2, 0.25) is 0 Å². The minimum Gasteiger partial charge on any atom is -0.303 e. The number of para-hydroxylation sites is 4. The average molecular weight is 501 g/mol. The third-order valence-corrected chi connectivity index (χ3v) is 6.54. The van der Waals surface area contributed by atoms with Crippen LogP contribution in [0.5, 0.6) is 0 Å². The third-order valence-electron chi connectivity index (χ3n) is 6.54. The van der Waals surface area contributed by atoms with Gasteiger partial charge < -0.3 is 4.90 Å². The van der Waals surface area contributed by atoms with Crippen LogP contribution in [0.15, 0.2) is 108 Å². The summed E-state index contributed by atoms with van der Waals surface area (Å²) in [7, 11) is 0. The van der Waals surface area contributed by atoms with Gasteiger partial charge in [-0.05, 0) is 35.9 Å². The van der Waals surface area contributed by atoms with E-state index in [1.54, 1.807) is 41.3 Å². The summed E-state index contributed by atoms with van der Waals surface area (Å²) in [6.45, 7) is 0.371. The largest absolute Gasteiger partial charge is 0.303 e. The van der Waals surface area contributed by atoms with Gasteiger partial charge >= 0.3 is 0 Å². The first-order chi connectivity index (χ1) is 18.5. The van der Waals surface area contributed by atoms with E-state index in [9.17, 15) is 19.7 Å². The summed E-state index contributed by atoms with van der Waals surface area (Å²) in [6.07, 6.45) is 1.55. The van der Waals surface area contributed by atoms with E-state index in [2.05, 4.69) is 4.98 Å². The van der Waals surface area contributed by atoms with E-state index in [1.165, 1.54) is 22.8 Å². The highest BCUT2D eigenvalue weighted by atomic mass is 16.6. The van der Waals surface area contributed by atoms with Gasteiger partial charge in [0, 0.05) is 11.6 Å². The SMILES string of the molecule is O=C1/C(=C/c2nc3ccccc3c(=O)n2-c2ccccc2[N+](=O)[O-])c2ccccc2N1Cc1ccccc1. The maximum absolute atomic E-state index is 13.8. The number of anilines is 1. The summed E-state index contributed by atoms with van der Waals surface area (Å²) < 4.78 is 1.21. The number of carbonyl (C=O) groups excluding carboxylic acids is 1. The molecular weight excluding hydrogens is 480 g/mol. The van der Waals surface area contributed by atoms with Crippen LogP contribution in [0.4, 0.5) is 11.4 Å². The molecule has 0 saturated carbocycles. The summed E-state index contributed by atoms with van der Waals surface area (Å²) in [5, 5.41) is 12.2. The normalized spacial score (nSPS) is 13.7. The lowest BCUT2D eigenvalue weighted by molar-refractivity contribution is -0.384. The second-order valence-electron chi connectivity index (χ2n) is 8.83. The average Bonchev–Trinajstić information content (AvgIpc) is 3.20. The molecule has 1 amide bonds. The van der Waals surface area contributed by atoms with E-state index in [-0.39, 0.29) is 23.1 Å². The molecule has 0 saturated heterocycles. The Kier molecular flexibility index (Phi) is 5.61. The Hall–Kier alpha value is -5.37. The van der Waals surface area contributed by atoms with Gasteiger partial charge in [0.05, 0.1) is 33.6 Å². The molecule has 184 valence electrons. The number of nitro benzene ring substituents is 1. The lowest BCUT2D eigenvalue weighted by Crippen LogP contribution is -2.26. The highest BCUT2D eigenvalue weighted by Gasteiger charge is 2.33. The number of nitrogens with zero attached hydrogens (tertiary/aromatic N) is 4. The van der Waals surface area contributed by atoms with E-state index < -0.39 is 10.5 Å².